The maximum Gasteiger partial charge on any atom is 0.252 e. The van der Waals surface area contributed by atoms with Crippen LogP contribution in [0.25, 0.3) is 0 Å². The summed E-state index contributed by atoms with van der Waals surface area (Å²) in [6.07, 6.45) is 2.35. The first-order valence-corrected chi connectivity index (χ1v) is 8.92. The molecule has 0 aliphatic carbocycles. The van der Waals surface area contributed by atoms with Gasteiger partial charge < -0.3 is 14.4 Å². The largest absolute Gasteiger partial charge is 0.497 e. The average molecular weight is 337 g/mol. The van der Waals surface area contributed by atoms with Gasteiger partial charge in [-0.3, -0.25) is 4.79 Å². The van der Waals surface area contributed by atoms with E-state index in [0.717, 1.165) is 30.6 Å². The lowest BCUT2D eigenvalue weighted by Crippen LogP contribution is -2.45. The molecule has 2 aromatic carbocycles. The highest BCUT2D eigenvalue weighted by Gasteiger charge is 2.36. The number of ether oxygens (including phenoxy) is 2. The van der Waals surface area contributed by atoms with E-state index in [1.54, 1.807) is 7.11 Å². The molecule has 2 aliphatic rings. The molecule has 4 rings (SSSR count). The van der Waals surface area contributed by atoms with E-state index in [9.17, 15) is 4.79 Å². The number of carbonyl (C=O) groups is 1. The van der Waals surface area contributed by atoms with Crippen molar-refractivity contribution in [3.8, 4) is 5.75 Å². The van der Waals surface area contributed by atoms with Crippen LogP contribution in [0.1, 0.15) is 35.6 Å². The number of carbonyl (C=O) groups excluding carboxylic acids is 1. The molecule has 2 aliphatic heterocycles. The second-order valence-electron chi connectivity index (χ2n) is 6.66. The zero-order valence-corrected chi connectivity index (χ0v) is 14.5. The first-order chi connectivity index (χ1) is 12.3. The minimum absolute atomic E-state index is 0.0624. The molecule has 0 N–H and O–H groups in total. The van der Waals surface area contributed by atoms with E-state index in [-0.39, 0.29) is 18.1 Å². The van der Waals surface area contributed by atoms with Crippen LogP contribution in [0.5, 0.6) is 5.75 Å². The fraction of sp³-hybridized carbons (Fsp3) is 0.381. The van der Waals surface area contributed by atoms with Crippen LogP contribution in [-0.2, 0) is 16.0 Å². The molecule has 2 unspecified atom stereocenters. The fourth-order valence-electron chi connectivity index (χ4n) is 3.92. The van der Waals surface area contributed by atoms with E-state index < -0.39 is 0 Å². The Labute approximate surface area is 148 Å². The number of rotatable bonds is 3. The van der Waals surface area contributed by atoms with Crippen LogP contribution in [0.3, 0.4) is 0 Å². The smallest absolute Gasteiger partial charge is 0.252 e. The summed E-state index contributed by atoms with van der Waals surface area (Å²) in [5.74, 6) is 0.984. The second kappa shape index (κ2) is 6.89. The summed E-state index contributed by atoms with van der Waals surface area (Å²) < 4.78 is 11.0. The van der Waals surface area contributed by atoms with Crippen molar-refractivity contribution < 1.29 is 14.3 Å². The Morgan fingerprint density at radius 2 is 2.04 bits per heavy atom. The van der Waals surface area contributed by atoms with Gasteiger partial charge in [-0.15, -0.1) is 0 Å². The van der Waals surface area contributed by atoms with Gasteiger partial charge >= 0.3 is 0 Å². The predicted octanol–water partition coefficient (Wildman–Crippen LogP) is 3.35. The van der Waals surface area contributed by atoms with E-state index >= 15 is 0 Å². The topological polar surface area (TPSA) is 38.8 Å². The molecule has 4 heteroatoms. The number of hydrogen-bond acceptors (Lipinski definition) is 3. The molecule has 0 bridgehead atoms. The predicted molar refractivity (Wildman–Crippen MR) is 95.7 cm³/mol. The van der Waals surface area contributed by atoms with E-state index in [0.29, 0.717) is 13.2 Å². The van der Waals surface area contributed by atoms with Gasteiger partial charge in [-0.05, 0) is 48.1 Å². The number of fused-ring (bicyclic) bond motifs is 1. The zero-order chi connectivity index (χ0) is 17.2. The van der Waals surface area contributed by atoms with Gasteiger partial charge in [-0.1, -0.05) is 36.4 Å². The Morgan fingerprint density at radius 1 is 1.20 bits per heavy atom. The first-order valence-electron chi connectivity index (χ1n) is 8.92. The Kier molecular flexibility index (Phi) is 4.45. The first kappa shape index (κ1) is 16.2. The number of benzene rings is 2. The molecule has 25 heavy (non-hydrogen) atoms. The minimum Gasteiger partial charge on any atom is -0.497 e. The van der Waals surface area contributed by atoms with Crippen LogP contribution >= 0.6 is 0 Å². The van der Waals surface area contributed by atoms with E-state index in [2.05, 4.69) is 24.3 Å². The molecule has 2 heterocycles. The van der Waals surface area contributed by atoms with Crippen molar-refractivity contribution in [1.29, 1.82) is 0 Å². The Hall–Kier alpha value is -2.33. The van der Waals surface area contributed by atoms with Gasteiger partial charge in [0.1, 0.15) is 11.9 Å². The Morgan fingerprint density at radius 3 is 2.76 bits per heavy atom. The van der Waals surface area contributed by atoms with Crippen molar-refractivity contribution in [3.63, 3.8) is 0 Å². The summed E-state index contributed by atoms with van der Waals surface area (Å²) in [4.78, 5) is 15.1. The molecule has 4 nitrogen and oxygen atoms in total. The van der Waals surface area contributed by atoms with Crippen LogP contribution in [0, 0.1) is 0 Å². The van der Waals surface area contributed by atoms with Crippen molar-refractivity contribution in [2.75, 3.05) is 20.3 Å². The molecule has 1 amide bonds. The molecule has 130 valence electrons. The number of amides is 1. The van der Waals surface area contributed by atoms with Crippen LogP contribution in [0.4, 0.5) is 0 Å². The summed E-state index contributed by atoms with van der Waals surface area (Å²) >= 11 is 0. The third kappa shape index (κ3) is 3.02. The molecule has 1 saturated heterocycles. The summed E-state index contributed by atoms with van der Waals surface area (Å²) in [7, 11) is 1.69. The lowest BCUT2D eigenvalue weighted by Gasteiger charge is -2.39. The van der Waals surface area contributed by atoms with Crippen molar-refractivity contribution in [2.45, 2.75) is 31.4 Å². The highest BCUT2D eigenvalue weighted by Crippen LogP contribution is 2.37. The monoisotopic (exact) mass is 337 g/mol. The summed E-state index contributed by atoms with van der Waals surface area (Å²) in [6, 6.07) is 16.4. The van der Waals surface area contributed by atoms with Crippen LogP contribution < -0.4 is 4.74 Å². The van der Waals surface area contributed by atoms with Crippen LogP contribution in [0.15, 0.2) is 48.5 Å². The molecule has 0 aromatic heterocycles. The maximum absolute atomic E-state index is 13.1. The van der Waals surface area contributed by atoms with Gasteiger partial charge in [0.25, 0.3) is 5.91 Å². The van der Waals surface area contributed by atoms with Crippen LogP contribution in [0.2, 0.25) is 0 Å². The summed E-state index contributed by atoms with van der Waals surface area (Å²) in [5, 5.41) is 0. The normalized spacial score (nSPS) is 22.5. The van der Waals surface area contributed by atoms with Crippen LogP contribution in [-0.4, -0.2) is 37.2 Å². The van der Waals surface area contributed by atoms with Gasteiger partial charge in [0.2, 0.25) is 0 Å². The van der Waals surface area contributed by atoms with Gasteiger partial charge in [0, 0.05) is 13.2 Å². The van der Waals surface area contributed by atoms with Gasteiger partial charge in [0.05, 0.1) is 13.2 Å². The lowest BCUT2D eigenvalue weighted by molar-refractivity contribution is -0.143. The Bertz CT molecular complexity index is 753. The Balaban J connectivity index is 1.75. The van der Waals surface area contributed by atoms with Gasteiger partial charge in [0.15, 0.2) is 0 Å². The number of hydrogen-bond donors (Lipinski definition) is 0. The van der Waals surface area contributed by atoms with Gasteiger partial charge in [-0.2, -0.15) is 0 Å². The molecule has 1 fully saturated rings. The van der Waals surface area contributed by atoms with E-state index in [1.807, 2.05) is 29.2 Å². The molecular weight excluding hydrogens is 314 g/mol. The molecular formula is C21H23NO3. The lowest BCUT2D eigenvalue weighted by atomic mass is 9.87. The summed E-state index contributed by atoms with van der Waals surface area (Å²) in [6.45, 7) is 1.40. The molecule has 2 aromatic rings. The van der Waals surface area contributed by atoms with Gasteiger partial charge in [-0.25, -0.2) is 0 Å². The minimum atomic E-state index is -0.286. The molecule has 0 saturated carbocycles. The van der Waals surface area contributed by atoms with Crippen molar-refractivity contribution in [1.82, 2.24) is 4.90 Å². The third-order valence-electron chi connectivity index (χ3n) is 5.18. The molecule has 0 spiro atoms. The number of nitrogens with zero attached hydrogens (tertiary/aromatic N) is 1. The third-order valence-corrected chi connectivity index (χ3v) is 5.18. The average Bonchev–Trinajstić information content (AvgIpc) is 3.21. The zero-order valence-electron chi connectivity index (χ0n) is 14.5. The van der Waals surface area contributed by atoms with Crippen molar-refractivity contribution in [3.05, 3.63) is 65.2 Å². The molecule has 2 atom stereocenters. The quantitative estimate of drug-likeness (QED) is 0.862. The summed E-state index contributed by atoms with van der Waals surface area (Å²) in [5.41, 5.74) is 3.58. The highest BCUT2D eigenvalue weighted by molar-refractivity contribution is 5.82. The van der Waals surface area contributed by atoms with E-state index in [4.69, 9.17) is 9.47 Å². The maximum atomic E-state index is 13.1. The standard InChI is InChI=1S/C21H23NO3/c1-24-17-9-10-18-16(14-17)11-12-22(21(23)19-8-5-13-25-19)20(18)15-6-3-2-4-7-15/h2-4,6-7,9-10,14,19-20H,5,8,11-13H2,1H3. The van der Waals surface area contributed by atoms with Crippen molar-refractivity contribution in [2.24, 2.45) is 0 Å². The second-order valence-corrected chi connectivity index (χ2v) is 6.66. The highest BCUT2D eigenvalue weighted by atomic mass is 16.5. The van der Waals surface area contributed by atoms with Crippen molar-refractivity contribution >= 4 is 5.91 Å². The fourth-order valence-corrected chi connectivity index (χ4v) is 3.92. The number of methoxy groups -OCH3 is 1. The SMILES string of the molecule is COc1ccc2c(c1)CCN(C(=O)C1CCCO1)C2c1ccccc1. The molecule has 0 radical (unpaired) electrons. The van der Waals surface area contributed by atoms with E-state index in [1.165, 1.54) is 11.1 Å².